The normalized spacial score (nSPS) is 16.7. The average molecular weight is 308 g/mol. The van der Waals surface area contributed by atoms with Gasteiger partial charge < -0.3 is 5.11 Å². The Morgan fingerprint density at radius 1 is 1.33 bits per heavy atom. The molecule has 1 fully saturated rings. The van der Waals surface area contributed by atoms with E-state index in [1.165, 1.54) is 12.1 Å². The Morgan fingerprint density at radius 2 is 1.95 bits per heavy atom. The fourth-order valence-electron chi connectivity index (χ4n) is 2.43. The van der Waals surface area contributed by atoms with Crippen molar-refractivity contribution in [2.75, 3.05) is 0 Å². The van der Waals surface area contributed by atoms with Gasteiger partial charge in [-0.1, -0.05) is 12.1 Å². The van der Waals surface area contributed by atoms with Crippen molar-refractivity contribution in [2.45, 2.75) is 42.5 Å². The van der Waals surface area contributed by atoms with Crippen LogP contribution in [-0.2, 0) is 21.2 Å². The topological polar surface area (TPSA) is 107 Å². The highest BCUT2D eigenvalue weighted by atomic mass is 32.2. The van der Waals surface area contributed by atoms with Gasteiger partial charge in [0.25, 0.3) is 0 Å². The van der Waals surface area contributed by atoms with Crippen LogP contribution in [0.4, 0.5) is 0 Å². The highest BCUT2D eigenvalue weighted by molar-refractivity contribution is 7.89. The summed E-state index contributed by atoms with van der Waals surface area (Å²) in [6.45, 7) is 0. The van der Waals surface area contributed by atoms with E-state index in [-0.39, 0.29) is 17.7 Å². The minimum absolute atomic E-state index is 0.0841. The number of aliphatic carboxylic acids is 1. The van der Waals surface area contributed by atoms with Crippen molar-refractivity contribution in [3.05, 3.63) is 29.8 Å². The molecule has 0 atom stereocenters. The predicted octanol–water partition coefficient (Wildman–Crippen LogP) is 1.43. The SMILES string of the molecule is N#CCc1ccc(S(=O)(=O)NC2(CC(=O)O)CCC2)cc1. The fraction of sp³-hybridized carbons (Fsp3) is 0.429. The molecule has 0 amide bonds. The minimum Gasteiger partial charge on any atom is -0.481 e. The van der Waals surface area contributed by atoms with E-state index < -0.39 is 21.5 Å². The molecule has 0 saturated heterocycles. The summed E-state index contributed by atoms with van der Waals surface area (Å²) < 4.78 is 27.2. The molecule has 0 unspecified atom stereocenters. The fourth-order valence-corrected chi connectivity index (χ4v) is 3.89. The van der Waals surface area contributed by atoms with E-state index in [0.29, 0.717) is 12.8 Å². The van der Waals surface area contributed by atoms with Crippen molar-refractivity contribution < 1.29 is 18.3 Å². The number of sulfonamides is 1. The molecule has 1 aromatic rings. The van der Waals surface area contributed by atoms with Gasteiger partial charge in [0.05, 0.1) is 23.8 Å². The molecular weight excluding hydrogens is 292 g/mol. The Bertz CT molecular complexity index is 670. The maximum Gasteiger partial charge on any atom is 0.305 e. The quantitative estimate of drug-likeness (QED) is 0.826. The lowest BCUT2D eigenvalue weighted by Crippen LogP contribution is -2.54. The molecule has 1 aliphatic carbocycles. The van der Waals surface area contributed by atoms with Crippen LogP contribution in [0.5, 0.6) is 0 Å². The van der Waals surface area contributed by atoms with Crippen LogP contribution in [0.25, 0.3) is 0 Å². The highest BCUT2D eigenvalue weighted by Crippen LogP contribution is 2.36. The summed E-state index contributed by atoms with van der Waals surface area (Å²) in [6.07, 6.45) is 1.89. The number of hydrogen-bond donors (Lipinski definition) is 2. The first-order chi connectivity index (χ1) is 9.87. The number of nitriles is 1. The zero-order chi connectivity index (χ0) is 15.5. The lowest BCUT2D eigenvalue weighted by molar-refractivity contribution is -0.139. The highest BCUT2D eigenvalue weighted by Gasteiger charge is 2.42. The molecule has 21 heavy (non-hydrogen) atoms. The molecule has 1 saturated carbocycles. The summed E-state index contributed by atoms with van der Waals surface area (Å²) in [6, 6.07) is 8.03. The Hall–Kier alpha value is -1.91. The summed E-state index contributed by atoms with van der Waals surface area (Å²) in [5.74, 6) is -1.01. The van der Waals surface area contributed by atoms with Gasteiger partial charge in [-0.15, -0.1) is 0 Å². The molecule has 0 aliphatic heterocycles. The van der Waals surface area contributed by atoms with Crippen LogP contribution in [0.3, 0.4) is 0 Å². The van der Waals surface area contributed by atoms with Gasteiger partial charge in [-0.05, 0) is 37.0 Å². The molecule has 0 spiro atoms. The number of carbonyl (C=O) groups is 1. The van der Waals surface area contributed by atoms with Crippen LogP contribution in [0.2, 0.25) is 0 Å². The second-order valence-electron chi connectivity index (χ2n) is 5.29. The first-order valence-corrected chi connectivity index (χ1v) is 8.07. The molecule has 6 nitrogen and oxygen atoms in total. The standard InChI is InChI=1S/C14H16N2O4S/c15-9-6-11-2-4-12(5-3-11)21(19,20)16-14(7-1-8-14)10-13(17)18/h2-5,16H,1,6-8,10H2,(H,17,18). The zero-order valence-corrected chi connectivity index (χ0v) is 12.2. The summed E-state index contributed by atoms with van der Waals surface area (Å²) in [7, 11) is -3.75. The van der Waals surface area contributed by atoms with Crippen LogP contribution >= 0.6 is 0 Å². The van der Waals surface area contributed by atoms with Crippen molar-refractivity contribution in [1.82, 2.24) is 4.72 Å². The van der Waals surface area contributed by atoms with E-state index in [2.05, 4.69) is 4.72 Å². The third kappa shape index (κ3) is 3.60. The molecule has 0 aromatic heterocycles. The van der Waals surface area contributed by atoms with E-state index in [9.17, 15) is 13.2 Å². The van der Waals surface area contributed by atoms with E-state index >= 15 is 0 Å². The number of rotatable bonds is 6. The second kappa shape index (κ2) is 5.84. The number of nitrogens with zero attached hydrogens (tertiary/aromatic N) is 1. The van der Waals surface area contributed by atoms with Crippen LogP contribution in [0.15, 0.2) is 29.2 Å². The van der Waals surface area contributed by atoms with Gasteiger partial charge >= 0.3 is 5.97 Å². The molecular formula is C14H16N2O4S. The zero-order valence-electron chi connectivity index (χ0n) is 11.4. The maximum atomic E-state index is 12.3. The summed E-state index contributed by atoms with van der Waals surface area (Å²) >= 11 is 0. The van der Waals surface area contributed by atoms with Crippen LogP contribution in [0, 0.1) is 11.3 Å². The summed E-state index contributed by atoms with van der Waals surface area (Å²) in [4.78, 5) is 11.0. The second-order valence-corrected chi connectivity index (χ2v) is 6.97. The molecule has 0 radical (unpaired) electrons. The lowest BCUT2D eigenvalue weighted by atomic mass is 9.75. The van der Waals surface area contributed by atoms with E-state index in [1.807, 2.05) is 6.07 Å². The van der Waals surface area contributed by atoms with Crippen molar-refractivity contribution in [1.29, 1.82) is 5.26 Å². The number of carboxylic acid groups (broad SMARTS) is 1. The third-order valence-corrected chi connectivity index (χ3v) is 5.26. The summed E-state index contributed by atoms with van der Waals surface area (Å²) in [5.41, 5.74) is -0.129. The van der Waals surface area contributed by atoms with E-state index in [1.54, 1.807) is 12.1 Å². The van der Waals surface area contributed by atoms with Crippen LogP contribution in [0.1, 0.15) is 31.2 Å². The Morgan fingerprint density at radius 3 is 2.38 bits per heavy atom. The van der Waals surface area contributed by atoms with Crippen molar-refractivity contribution >= 4 is 16.0 Å². The van der Waals surface area contributed by atoms with Gasteiger partial charge in [0, 0.05) is 5.54 Å². The van der Waals surface area contributed by atoms with Crippen LogP contribution in [-0.4, -0.2) is 25.0 Å². The van der Waals surface area contributed by atoms with E-state index in [0.717, 1.165) is 12.0 Å². The van der Waals surface area contributed by atoms with Crippen molar-refractivity contribution in [2.24, 2.45) is 0 Å². The van der Waals surface area contributed by atoms with Crippen LogP contribution < -0.4 is 4.72 Å². The largest absolute Gasteiger partial charge is 0.481 e. The molecule has 7 heteroatoms. The van der Waals surface area contributed by atoms with Gasteiger partial charge in [0.1, 0.15) is 0 Å². The van der Waals surface area contributed by atoms with Crippen molar-refractivity contribution in [3.63, 3.8) is 0 Å². The monoisotopic (exact) mass is 308 g/mol. The molecule has 0 heterocycles. The number of benzene rings is 1. The number of nitrogens with one attached hydrogen (secondary N) is 1. The van der Waals surface area contributed by atoms with Gasteiger partial charge in [0.15, 0.2) is 0 Å². The average Bonchev–Trinajstić information content (AvgIpc) is 2.36. The Balaban J connectivity index is 2.18. The first kappa shape index (κ1) is 15.5. The molecule has 2 rings (SSSR count). The Kier molecular flexibility index (Phi) is 4.30. The minimum atomic E-state index is -3.75. The van der Waals surface area contributed by atoms with Crippen molar-refractivity contribution in [3.8, 4) is 6.07 Å². The molecule has 2 N–H and O–H groups in total. The predicted molar refractivity (Wildman–Crippen MR) is 74.9 cm³/mol. The van der Waals surface area contributed by atoms with Gasteiger partial charge in [0.2, 0.25) is 10.0 Å². The first-order valence-electron chi connectivity index (χ1n) is 6.59. The molecule has 0 bridgehead atoms. The lowest BCUT2D eigenvalue weighted by Gasteiger charge is -2.40. The molecule has 1 aliphatic rings. The number of hydrogen-bond acceptors (Lipinski definition) is 4. The third-order valence-electron chi connectivity index (χ3n) is 3.67. The number of carboxylic acids is 1. The maximum absolute atomic E-state index is 12.3. The Labute approximate surface area is 123 Å². The molecule has 1 aromatic carbocycles. The summed E-state index contributed by atoms with van der Waals surface area (Å²) in [5, 5.41) is 17.5. The van der Waals surface area contributed by atoms with Gasteiger partial charge in [-0.2, -0.15) is 5.26 Å². The smallest absolute Gasteiger partial charge is 0.305 e. The van der Waals surface area contributed by atoms with Gasteiger partial charge in [-0.3, -0.25) is 4.79 Å². The molecule has 112 valence electrons. The van der Waals surface area contributed by atoms with E-state index in [4.69, 9.17) is 10.4 Å². The van der Waals surface area contributed by atoms with Gasteiger partial charge in [-0.25, -0.2) is 13.1 Å².